The molecule has 1 saturated heterocycles. The maximum atomic E-state index is 13.7. The number of carboxylic acid groups (broad SMARTS) is 1. The highest BCUT2D eigenvalue weighted by Crippen LogP contribution is 2.38. The summed E-state index contributed by atoms with van der Waals surface area (Å²) in [7, 11) is 0. The van der Waals surface area contributed by atoms with Gasteiger partial charge in [0.25, 0.3) is 5.69 Å². The Morgan fingerprint density at radius 3 is 2.86 bits per heavy atom. The minimum absolute atomic E-state index is 0.0104. The summed E-state index contributed by atoms with van der Waals surface area (Å²) in [6, 6.07) is 1.63. The Balaban J connectivity index is 2.27. The van der Waals surface area contributed by atoms with E-state index in [4.69, 9.17) is 5.11 Å². The Labute approximate surface area is 124 Å². The number of hydrogen-bond acceptors (Lipinski definition) is 5. The van der Waals surface area contributed by atoms with Crippen molar-refractivity contribution in [2.24, 2.45) is 0 Å². The van der Waals surface area contributed by atoms with Crippen LogP contribution >= 0.6 is 11.8 Å². The molecule has 1 fully saturated rings. The highest BCUT2D eigenvalue weighted by molar-refractivity contribution is 8.00. The van der Waals surface area contributed by atoms with Gasteiger partial charge in [0.1, 0.15) is 17.1 Å². The number of halogens is 1. The molecule has 0 amide bonds. The molecular weight excluding hydrogens is 299 g/mol. The molecule has 114 valence electrons. The van der Waals surface area contributed by atoms with Crippen molar-refractivity contribution in [1.82, 2.24) is 0 Å². The maximum absolute atomic E-state index is 13.7. The zero-order valence-electron chi connectivity index (χ0n) is 11.4. The van der Waals surface area contributed by atoms with Crippen LogP contribution in [-0.2, 0) is 0 Å². The fraction of sp³-hybridized carbons (Fsp3) is 0.462. The molecule has 0 radical (unpaired) electrons. The molecule has 1 heterocycles. The van der Waals surface area contributed by atoms with E-state index in [-0.39, 0.29) is 10.4 Å². The zero-order chi connectivity index (χ0) is 15.6. The third-order valence-electron chi connectivity index (χ3n) is 3.47. The normalized spacial score (nSPS) is 21.2. The van der Waals surface area contributed by atoms with Gasteiger partial charge in [-0.15, -0.1) is 0 Å². The highest BCUT2D eigenvalue weighted by Gasteiger charge is 2.30. The fourth-order valence-corrected chi connectivity index (χ4v) is 3.52. The van der Waals surface area contributed by atoms with Gasteiger partial charge in [-0.3, -0.25) is 10.1 Å². The van der Waals surface area contributed by atoms with Crippen molar-refractivity contribution in [1.29, 1.82) is 0 Å². The Morgan fingerprint density at radius 1 is 1.62 bits per heavy atom. The third kappa shape index (κ3) is 3.44. The average molecular weight is 314 g/mol. The summed E-state index contributed by atoms with van der Waals surface area (Å²) in [6.07, 6.45) is 2.06. The quantitative estimate of drug-likeness (QED) is 0.641. The maximum Gasteiger partial charge on any atom is 0.338 e. The van der Waals surface area contributed by atoms with Crippen molar-refractivity contribution >= 4 is 29.1 Å². The van der Waals surface area contributed by atoms with E-state index in [0.29, 0.717) is 6.54 Å². The molecule has 0 aliphatic carbocycles. The lowest BCUT2D eigenvalue weighted by molar-refractivity contribution is -0.384. The van der Waals surface area contributed by atoms with E-state index in [1.807, 2.05) is 6.92 Å². The standard InChI is InChI=1S/C13H15FN2O4S/c1-13(3-2-4-21-13)7-15-10-6-9(14)8(12(17)18)5-11(10)16(19)20/h5-6,15H,2-4,7H2,1H3,(H,17,18). The van der Waals surface area contributed by atoms with Gasteiger partial charge < -0.3 is 10.4 Å². The predicted octanol–water partition coefficient (Wildman–Crippen LogP) is 3.13. The first kappa shape index (κ1) is 15.6. The number of thioether (sulfide) groups is 1. The Kier molecular flexibility index (Phi) is 4.36. The summed E-state index contributed by atoms with van der Waals surface area (Å²) in [5, 5.41) is 22.7. The van der Waals surface area contributed by atoms with Crippen molar-refractivity contribution in [3.05, 3.63) is 33.6 Å². The van der Waals surface area contributed by atoms with Crippen molar-refractivity contribution in [2.45, 2.75) is 24.5 Å². The summed E-state index contributed by atoms with van der Waals surface area (Å²) in [5.41, 5.74) is -1.12. The van der Waals surface area contributed by atoms with Gasteiger partial charge in [0.05, 0.1) is 4.92 Å². The third-order valence-corrected chi connectivity index (χ3v) is 5.00. The molecule has 21 heavy (non-hydrogen) atoms. The highest BCUT2D eigenvalue weighted by atomic mass is 32.2. The van der Waals surface area contributed by atoms with E-state index in [9.17, 15) is 19.3 Å². The van der Waals surface area contributed by atoms with Gasteiger partial charge in [0, 0.05) is 23.4 Å². The van der Waals surface area contributed by atoms with Crippen molar-refractivity contribution < 1.29 is 19.2 Å². The molecule has 0 spiro atoms. The second-order valence-electron chi connectivity index (χ2n) is 5.17. The van der Waals surface area contributed by atoms with E-state index >= 15 is 0 Å². The van der Waals surface area contributed by atoms with Crippen LogP contribution in [0.1, 0.15) is 30.1 Å². The molecule has 2 rings (SSSR count). The van der Waals surface area contributed by atoms with Gasteiger partial charge in [-0.2, -0.15) is 11.8 Å². The number of nitro groups is 1. The van der Waals surface area contributed by atoms with Gasteiger partial charge in [-0.05, 0) is 25.5 Å². The molecule has 6 nitrogen and oxygen atoms in total. The van der Waals surface area contributed by atoms with Crippen LogP contribution in [0.2, 0.25) is 0 Å². The molecule has 1 aromatic carbocycles. The van der Waals surface area contributed by atoms with E-state index in [1.54, 1.807) is 11.8 Å². The first-order valence-corrected chi connectivity index (χ1v) is 7.40. The number of nitro benzene ring substituents is 1. The molecule has 1 aliphatic heterocycles. The lowest BCUT2D eigenvalue weighted by Gasteiger charge is -2.23. The van der Waals surface area contributed by atoms with Crippen LogP contribution in [0.15, 0.2) is 12.1 Å². The monoisotopic (exact) mass is 314 g/mol. The summed E-state index contributed by atoms with van der Waals surface area (Å²) < 4.78 is 13.6. The first-order valence-electron chi connectivity index (χ1n) is 6.41. The van der Waals surface area contributed by atoms with Crippen molar-refractivity contribution in [3.8, 4) is 0 Å². The van der Waals surface area contributed by atoms with Gasteiger partial charge in [0.15, 0.2) is 0 Å². The summed E-state index contributed by atoms with van der Waals surface area (Å²) in [4.78, 5) is 21.2. The van der Waals surface area contributed by atoms with Crippen LogP contribution < -0.4 is 5.32 Å². The molecule has 1 aromatic rings. The topological polar surface area (TPSA) is 92.5 Å². The lowest BCUT2D eigenvalue weighted by atomic mass is 10.1. The Bertz CT molecular complexity index is 588. The van der Waals surface area contributed by atoms with E-state index in [1.165, 1.54) is 0 Å². The number of benzene rings is 1. The number of hydrogen-bond donors (Lipinski definition) is 2. The summed E-state index contributed by atoms with van der Waals surface area (Å²) >= 11 is 1.77. The number of aromatic carboxylic acids is 1. The molecular formula is C13H15FN2O4S. The molecule has 1 atom stereocenters. The largest absolute Gasteiger partial charge is 0.478 e. The molecule has 0 saturated carbocycles. The smallest absolute Gasteiger partial charge is 0.338 e. The van der Waals surface area contributed by atoms with Crippen LogP contribution in [-0.4, -0.2) is 33.0 Å². The SMILES string of the molecule is CC1(CNc2cc(F)c(C(=O)O)cc2[N+](=O)[O-])CCCS1. The van der Waals surface area contributed by atoms with Gasteiger partial charge in [-0.1, -0.05) is 0 Å². The number of carbonyl (C=O) groups is 1. The number of rotatable bonds is 5. The van der Waals surface area contributed by atoms with Gasteiger partial charge in [0.2, 0.25) is 0 Å². The molecule has 0 bridgehead atoms. The first-order chi connectivity index (χ1) is 9.82. The second-order valence-corrected chi connectivity index (χ2v) is 6.85. The number of anilines is 1. The second kappa shape index (κ2) is 5.88. The molecule has 0 aromatic heterocycles. The van der Waals surface area contributed by atoms with Gasteiger partial charge in [-0.25, -0.2) is 9.18 Å². The Hall–Kier alpha value is -1.83. The zero-order valence-corrected chi connectivity index (χ0v) is 12.2. The minimum atomic E-state index is -1.53. The van der Waals surface area contributed by atoms with Crippen molar-refractivity contribution in [3.63, 3.8) is 0 Å². The van der Waals surface area contributed by atoms with Crippen LogP contribution in [0, 0.1) is 15.9 Å². The molecule has 8 heteroatoms. The summed E-state index contributed by atoms with van der Waals surface area (Å²) in [6.45, 7) is 2.51. The van der Waals surface area contributed by atoms with Crippen LogP contribution in [0.4, 0.5) is 15.8 Å². The number of nitrogens with zero attached hydrogens (tertiary/aromatic N) is 1. The fourth-order valence-electron chi connectivity index (χ4n) is 2.28. The Morgan fingerprint density at radius 2 is 2.33 bits per heavy atom. The average Bonchev–Trinajstić information content (AvgIpc) is 2.83. The van der Waals surface area contributed by atoms with E-state index in [2.05, 4.69) is 5.32 Å². The molecule has 1 unspecified atom stereocenters. The molecule has 1 aliphatic rings. The van der Waals surface area contributed by atoms with Gasteiger partial charge >= 0.3 is 5.97 Å². The molecule has 2 N–H and O–H groups in total. The van der Waals surface area contributed by atoms with E-state index < -0.39 is 28.0 Å². The predicted molar refractivity (Wildman–Crippen MR) is 78.6 cm³/mol. The minimum Gasteiger partial charge on any atom is -0.478 e. The van der Waals surface area contributed by atoms with Crippen LogP contribution in [0.5, 0.6) is 0 Å². The van der Waals surface area contributed by atoms with E-state index in [0.717, 1.165) is 30.7 Å². The van der Waals surface area contributed by atoms with Crippen LogP contribution in [0.3, 0.4) is 0 Å². The van der Waals surface area contributed by atoms with Crippen LogP contribution in [0.25, 0.3) is 0 Å². The number of carboxylic acids is 1. The summed E-state index contributed by atoms with van der Waals surface area (Å²) in [5.74, 6) is -1.48. The van der Waals surface area contributed by atoms with Crippen molar-refractivity contribution in [2.75, 3.05) is 17.6 Å². The number of nitrogens with one attached hydrogen (secondary N) is 1. The lowest BCUT2D eigenvalue weighted by Crippen LogP contribution is -2.27.